The van der Waals surface area contributed by atoms with Crippen molar-refractivity contribution in [3.8, 4) is 0 Å². The van der Waals surface area contributed by atoms with Crippen molar-refractivity contribution in [2.45, 2.75) is 155 Å². The van der Waals surface area contributed by atoms with E-state index in [0.29, 0.717) is 38.0 Å². The molecule has 10 nitrogen and oxygen atoms in total. The minimum absolute atomic E-state index is 0.109. The van der Waals surface area contributed by atoms with Crippen LogP contribution in [0.2, 0.25) is 0 Å². The molecule has 2 spiro atoms. The van der Waals surface area contributed by atoms with Gasteiger partial charge in [-0.05, 0) is 92.3 Å². The Kier molecular flexibility index (Phi) is 9.35. The minimum Gasteiger partial charge on any atom is -0.481 e. The van der Waals surface area contributed by atoms with Gasteiger partial charge in [0.05, 0.1) is 0 Å². The molecule has 10 atom stereocenters. The van der Waals surface area contributed by atoms with E-state index < -0.39 is 17.5 Å². The lowest BCUT2D eigenvalue weighted by atomic mass is 9.42. The zero-order valence-electron chi connectivity index (χ0n) is 28.7. The second kappa shape index (κ2) is 12.6. The Morgan fingerprint density at radius 2 is 1.50 bits per heavy atom. The number of carboxylic acids is 1. The molecular formula is C36H56O10. The Hall–Kier alpha value is -1.75. The summed E-state index contributed by atoms with van der Waals surface area (Å²) < 4.78 is 12.5. The van der Waals surface area contributed by atoms with Crippen LogP contribution in [0.3, 0.4) is 0 Å². The normalized spacial score (nSPS) is 47.3. The third-order valence-corrected chi connectivity index (χ3v) is 14.1. The molecular weight excluding hydrogens is 592 g/mol. The highest BCUT2D eigenvalue weighted by molar-refractivity contribution is 5.67. The monoisotopic (exact) mass is 648 g/mol. The van der Waals surface area contributed by atoms with Crippen LogP contribution in [0.25, 0.3) is 0 Å². The SMILES string of the molecule is CCC1CCC2(CC1)OOC1(CC[C@@]3(C)[C@H](C[C@@H](OC(C)=O)[C@@H]4[C@@H]3C[C@H](OC(C)=O)[C@]3(C)C(C(C)CCC(=O)O)CC[C@@H]43)C1)OO2. The van der Waals surface area contributed by atoms with Crippen LogP contribution in [0.1, 0.15) is 131 Å². The second-order valence-electron chi connectivity index (χ2n) is 16.4. The molecule has 5 aliphatic carbocycles. The Labute approximate surface area is 273 Å². The van der Waals surface area contributed by atoms with Crippen molar-refractivity contribution in [1.29, 1.82) is 0 Å². The third kappa shape index (κ3) is 5.91. The van der Waals surface area contributed by atoms with Gasteiger partial charge >= 0.3 is 17.9 Å². The molecule has 46 heavy (non-hydrogen) atoms. The van der Waals surface area contributed by atoms with Gasteiger partial charge in [0.2, 0.25) is 11.6 Å². The average Bonchev–Trinajstić information content (AvgIpc) is 3.37. The lowest BCUT2D eigenvalue weighted by molar-refractivity contribution is -0.665. The van der Waals surface area contributed by atoms with Crippen molar-refractivity contribution < 1.29 is 48.5 Å². The van der Waals surface area contributed by atoms with Gasteiger partial charge in [-0.1, -0.05) is 34.1 Å². The van der Waals surface area contributed by atoms with Gasteiger partial charge in [-0.25, -0.2) is 0 Å². The zero-order chi connectivity index (χ0) is 33.1. The number of ether oxygens (including phenoxy) is 2. The van der Waals surface area contributed by atoms with Gasteiger partial charge < -0.3 is 14.6 Å². The van der Waals surface area contributed by atoms with Gasteiger partial charge in [0, 0.05) is 57.3 Å². The molecule has 1 aliphatic heterocycles. The van der Waals surface area contributed by atoms with E-state index in [1.54, 1.807) is 0 Å². The summed E-state index contributed by atoms with van der Waals surface area (Å²) in [6.45, 7) is 12.0. The van der Waals surface area contributed by atoms with Gasteiger partial charge in [-0.3, -0.25) is 14.4 Å². The van der Waals surface area contributed by atoms with Crippen LogP contribution in [0.5, 0.6) is 0 Å². The van der Waals surface area contributed by atoms with Crippen LogP contribution < -0.4 is 0 Å². The number of carbonyl (C=O) groups is 3. The lowest BCUT2D eigenvalue weighted by Crippen LogP contribution is -2.65. The number of fused-ring (bicyclic) bond motifs is 5. The first-order valence-corrected chi connectivity index (χ1v) is 18.0. The van der Waals surface area contributed by atoms with Crippen molar-refractivity contribution in [3.05, 3.63) is 0 Å². The van der Waals surface area contributed by atoms with Crippen molar-refractivity contribution in [2.24, 2.45) is 52.3 Å². The zero-order valence-corrected chi connectivity index (χ0v) is 28.7. The van der Waals surface area contributed by atoms with E-state index in [1.165, 1.54) is 13.8 Å². The van der Waals surface area contributed by atoms with Crippen LogP contribution in [-0.4, -0.2) is 46.8 Å². The Bertz CT molecular complexity index is 1150. The summed E-state index contributed by atoms with van der Waals surface area (Å²) in [5.41, 5.74) is -0.467. The molecule has 1 saturated heterocycles. The molecule has 0 aromatic carbocycles. The summed E-state index contributed by atoms with van der Waals surface area (Å²) in [5, 5.41) is 9.41. The standard InChI is InChI=1S/C36H56O10/c1-7-24-12-14-35(15-13-24)43-45-36(46-44-35)17-16-33(5)25(20-36)18-29(41-22(3)37)32-27-10-9-26(21(2)8-11-31(39)40)34(27,6)30(19-28(32)33)42-23(4)38/h21,24-30,32H,7-20H2,1-6H3,(H,39,40)/t21?,24?,25-,26?,27+,28+,29-,30+,32+,33+,34-,35?,36?/m1/s1. The summed E-state index contributed by atoms with van der Waals surface area (Å²) in [7, 11) is 0. The van der Waals surface area contributed by atoms with E-state index in [9.17, 15) is 19.5 Å². The molecule has 10 heteroatoms. The molecule has 0 amide bonds. The fourth-order valence-electron chi connectivity index (χ4n) is 11.5. The maximum atomic E-state index is 12.6. The molecule has 260 valence electrons. The molecule has 1 heterocycles. The van der Waals surface area contributed by atoms with Crippen molar-refractivity contribution in [2.75, 3.05) is 0 Å². The summed E-state index contributed by atoms with van der Waals surface area (Å²) >= 11 is 0. The van der Waals surface area contributed by atoms with Crippen LogP contribution in [0.15, 0.2) is 0 Å². The average molecular weight is 649 g/mol. The summed E-state index contributed by atoms with van der Waals surface area (Å²) in [6.07, 6.45) is 10.1. The number of hydrogen-bond acceptors (Lipinski definition) is 9. The van der Waals surface area contributed by atoms with E-state index in [2.05, 4.69) is 27.7 Å². The largest absolute Gasteiger partial charge is 0.481 e. The van der Waals surface area contributed by atoms with Crippen LogP contribution in [0.4, 0.5) is 0 Å². The first-order chi connectivity index (χ1) is 21.7. The fraction of sp³-hybridized carbons (Fsp3) is 0.917. The highest BCUT2D eigenvalue weighted by Gasteiger charge is 2.69. The number of aliphatic carboxylic acids is 1. The van der Waals surface area contributed by atoms with Gasteiger partial charge in [0.1, 0.15) is 12.2 Å². The summed E-state index contributed by atoms with van der Waals surface area (Å²) in [6, 6.07) is 0. The van der Waals surface area contributed by atoms with E-state index in [1.807, 2.05) is 0 Å². The van der Waals surface area contributed by atoms with Gasteiger partial charge in [-0.2, -0.15) is 19.6 Å². The number of hydrogen-bond donors (Lipinski definition) is 1. The van der Waals surface area contributed by atoms with Gasteiger partial charge in [-0.15, -0.1) is 0 Å². The molecule has 6 fully saturated rings. The Morgan fingerprint density at radius 3 is 2.11 bits per heavy atom. The number of carboxylic acid groups (broad SMARTS) is 1. The lowest BCUT2D eigenvalue weighted by Gasteiger charge is -2.65. The molecule has 6 rings (SSSR count). The maximum absolute atomic E-state index is 12.6. The van der Waals surface area contributed by atoms with Crippen LogP contribution in [-0.2, 0) is 43.4 Å². The maximum Gasteiger partial charge on any atom is 0.303 e. The highest BCUT2D eigenvalue weighted by atomic mass is 17.4. The number of esters is 2. The van der Waals surface area contributed by atoms with Gasteiger partial charge in [0.15, 0.2) is 0 Å². The van der Waals surface area contributed by atoms with Crippen LogP contribution >= 0.6 is 0 Å². The Morgan fingerprint density at radius 1 is 0.848 bits per heavy atom. The number of rotatable bonds is 7. The molecule has 2 unspecified atom stereocenters. The molecule has 0 aromatic rings. The smallest absolute Gasteiger partial charge is 0.303 e. The van der Waals surface area contributed by atoms with E-state index in [4.69, 9.17) is 29.0 Å². The topological polar surface area (TPSA) is 127 Å². The minimum atomic E-state index is -1.01. The summed E-state index contributed by atoms with van der Waals surface area (Å²) in [4.78, 5) is 61.2. The molecule has 0 radical (unpaired) electrons. The summed E-state index contributed by atoms with van der Waals surface area (Å²) in [5.74, 6) is -1.61. The highest BCUT2D eigenvalue weighted by Crippen LogP contribution is 2.70. The number of carbonyl (C=O) groups excluding carboxylic acids is 2. The molecule has 1 N–H and O–H groups in total. The van der Waals surface area contributed by atoms with Crippen molar-refractivity contribution >= 4 is 17.9 Å². The molecule has 5 saturated carbocycles. The van der Waals surface area contributed by atoms with E-state index in [0.717, 1.165) is 51.4 Å². The Balaban J connectivity index is 1.26. The molecule has 0 bridgehead atoms. The second-order valence-corrected chi connectivity index (χ2v) is 16.4. The quantitative estimate of drug-likeness (QED) is 0.225. The van der Waals surface area contributed by atoms with E-state index >= 15 is 0 Å². The van der Waals surface area contributed by atoms with Crippen LogP contribution in [0, 0.1) is 52.3 Å². The first-order valence-electron chi connectivity index (χ1n) is 18.0. The molecule has 0 aromatic heterocycles. The molecule has 6 aliphatic rings. The predicted octanol–water partition coefficient (Wildman–Crippen LogP) is 7.13. The fourth-order valence-corrected chi connectivity index (χ4v) is 11.5. The predicted molar refractivity (Wildman–Crippen MR) is 165 cm³/mol. The van der Waals surface area contributed by atoms with E-state index in [-0.39, 0.29) is 76.9 Å². The van der Waals surface area contributed by atoms with Crippen molar-refractivity contribution in [1.82, 2.24) is 0 Å². The third-order valence-electron chi connectivity index (χ3n) is 14.1. The first kappa shape index (κ1) is 34.1. The van der Waals surface area contributed by atoms with Gasteiger partial charge in [0.25, 0.3) is 0 Å². The van der Waals surface area contributed by atoms with Crippen molar-refractivity contribution in [3.63, 3.8) is 0 Å².